The fraction of sp³-hybridized carbons (Fsp3) is 0.300. The Morgan fingerprint density at radius 2 is 1.81 bits per heavy atom. The second-order valence-electron chi connectivity index (χ2n) is 6.24. The molecule has 0 aromatic heterocycles. The minimum absolute atomic E-state index is 0.0592. The monoisotopic (exact) mass is 382 g/mol. The molecule has 2 aromatic rings. The number of carbonyl (C=O) groups excluding carboxylic acids is 1. The number of rotatable bonds is 6. The normalized spacial score (nSPS) is 14.6. The number of anilines is 2. The fourth-order valence-corrected chi connectivity index (χ4v) is 3.75. The summed E-state index contributed by atoms with van der Waals surface area (Å²) < 4.78 is 0. The number of benzene rings is 2. The molecular weight excluding hydrogens is 360 g/mol. The summed E-state index contributed by atoms with van der Waals surface area (Å²) in [7, 11) is 0. The molecule has 0 atom stereocenters. The van der Waals surface area contributed by atoms with Crippen LogP contribution in [-0.2, 0) is 4.79 Å². The number of carbonyl (C=O) groups is 1. The summed E-state index contributed by atoms with van der Waals surface area (Å²) in [6, 6.07) is 17.0. The van der Waals surface area contributed by atoms with Crippen molar-refractivity contribution in [3.05, 3.63) is 48.5 Å². The van der Waals surface area contributed by atoms with Gasteiger partial charge in [0.1, 0.15) is 5.75 Å². The van der Waals surface area contributed by atoms with Crippen LogP contribution < -0.4 is 10.2 Å². The number of nitriles is 1. The Kier molecular flexibility index (Phi) is 6.58. The molecule has 1 heterocycles. The van der Waals surface area contributed by atoms with Gasteiger partial charge in [0.2, 0.25) is 5.91 Å². The smallest absolute Gasteiger partial charge is 0.238 e. The van der Waals surface area contributed by atoms with Gasteiger partial charge in [0.05, 0.1) is 29.7 Å². The molecule has 0 radical (unpaired) electrons. The summed E-state index contributed by atoms with van der Waals surface area (Å²) in [6.07, 6.45) is 0. The molecule has 3 rings (SSSR count). The Bertz CT molecular complexity index is 829. The molecule has 0 spiro atoms. The van der Waals surface area contributed by atoms with Crippen molar-refractivity contribution >= 4 is 29.0 Å². The standard InChI is InChI=1S/C20H22N4O2S/c21-9-14-27-19-8-4-1-5-16(19)22-20(26)15-23-10-12-24(13-11-23)17-6-2-3-7-18(17)25/h1-8,25H,10-15H2,(H,22,26). The van der Waals surface area contributed by atoms with E-state index in [9.17, 15) is 9.90 Å². The number of para-hydroxylation sites is 3. The van der Waals surface area contributed by atoms with Crippen LogP contribution in [-0.4, -0.2) is 54.4 Å². The maximum absolute atomic E-state index is 12.4. The summed E-state index contributed by atoms with van der Waals surface area (Å²) in [5, 5.41) is 21.7. The number of phenols is 1. The zero-order chi connectivity index (χ0) is 19.1. The molecule has 1 amide bonds. The molecule has 1 fully saturated rings. The largest absolute Gasteiger partial charge is 0.506 e. The second-order valence-corrected chi connectivity index (χ2v) is 7.26. The lowest BCUT2D eigenvalue weighted by atomic mass is 10.2. The molecule has 2 aromatic carbocycles. The van der Waals surface area contributed by atoms with E-state index in [1.54, 1.807) is 6.07 Å². The number of nitrogens with one attached hydrogen (secondary N) is 1. The highest BCUT2D eigenvalue weighted by Gasteiger charge is 2.21. The number of thioether (sulfide) groups is 1. The number of hydrogen-bond donors (Lipinski definition) is 2. The van der Waals surface area contributed by atoms with Crippen LogP contribution in [0.5, 0.6) is 5.75 Å². The van der Waals surface area contributed by atoms with Crippen LogP contribution in [0.3, 0.4) is 0 Å². The second kappa shape index (κ2) is 9.31. The quantitative estimate of drug-likeness (QED) is 0.748. The van der Waals surface area contributed by atoms with Gasteiger partial charge in [-0.05, 0) is 24.3 Å². The van der Waals surface area contributed by atoms with Gasteiger partial charge in [-0.1, -0.05) is 24.3 Å². The minimum Gasteiger partial charge on any atom is -0.506 e. The SMILES string of the molecule is N#CCSc1ccccc1NC(=O)CN1CCN(c2ccccc2O)CC1. The van der Waals surface area contributed by atoms with Crippen molar-refractivity contribution in [2.75, 3.05) is 48.7 Å². The highest BCUT2D eigenvalue weighted by Crippen LogP contribution is 2.28. The minimum atomic E-state index is -0.0592. The van der Waals surface area contributed by atoms with Gasteiger partial charge >= 0.3 is 0 Å². The number of aromatic hydroxyl groups is 1. The van der Waals surface area contributed by atoms with Crippen LogP contribution in [0.4, 0.5) is 11.4 Å². The Morgan fingerprint density at radius 3 is 2.56 bits per heavy atom. The molecule has 1 aliphatic rings. The van der Waals surface area contributed by atoms with Crippen molar-refractivity contribution in [1.29, 1.82) is 5.26 Å². The van der Waals surface area contributed by atoms with Gasteiger partial charge in [0, 0.05) is 31.1 Å². The third-order valence-electron chi connectivity index (χ3n) is 4.42. The predicted octanol–water partition coefficient (Wildman–Crippen LogP) is 2.77. The molecular formula is C20H22N4O2S. The summed E-state index contributed by atoms with van der Waals surface area (Å²) >= 11 is 1.41. The highest BCUT2D eigenvalue weighted by atomic mass is 32.2. The summed E-state index contributed by atoms with van der Waals surface area (Å²) in [4.78, 5) is 17.6. The van der Waals surface area contributed by atoms with Gasteiger partial charge in [-0.3, -0.25) is 9.69 Å². The third kappa shape index (κ3) is 5.16. The highest BCUT2D eigenvalue weighted by molar-refractivity contribution is 7.99. The van der Waals surface area contributed by atoms with E-state index in [-0.39, 0.29) is 11.7 Å². The molecule has 2 N–H and O–H groups in total. The Balaban J connectivity index is 1.52. The van der Waals surface area contributed by atoms with E-state index in [2.05, 4.69) is 21.2 Å². The van der Waals surface area contributed by atoms with Crippen molar-refractivity contribution in [3.8, 4) is 11.8 Å². The molecule has 1 aliphatic heterocycles. The van der Waals surface area contributed by atoms with E-state index in [0.717, 1.165) is 42.4 Å². The first-order valence-electron chi connectivity index (χ1n) is 8.81. The van der Waals surface area contributed by atoms with Crippen molar-refractivity contribution in [2.45, 2.75) is 4.90 Å². The molecule has 6 nitrogen and oxygen atoms in total. The number of amides is 1. The Hall–Kier alpha value is -2.69. The molecule has 7 heteroatoms. The van der Waals surface area contributed by atoms with Crippen molar-refractivity contribution in [2.24, 2.45) is 0 Å². The molecule has 0 saturated carbocycles. The zero-order valence-corrected chi connectivity index (χ0v) is 15.8. The van der Waals surface area contributed by atoms with E-state index >= 15 is 0 Å². The Morgan fingerprint density at radius 1 is 1.11 bits per heavy atom. The van der Waals surface area contributed by atoms with Crippen LogP contribution in [0.1, 0.15) is 0 Å². The molecule has 0 aliphatic carbocycles. The Labute approximate surface area is 163 Å². The van der Waals surface area contributed by atoms with Gasteiger partial charge < -0.3 is 15.3 Å². The lowest BCUT2D eigenvalue weighted by molar-refractivity contribution is -0.117. The lowest BCUT2D eigenvalue weighted by Crippen LogP contribution is -2.48. The summed E-state index contributed by atoms with van der Waals surface area (Å²) in [5.74, 6) is 0.576. The van der Waals surface area contributed by atoms with E-state index in [0.29, 0.717) is 12.3 Å². The molecule has 1 saturated heterocycles. The van der Waals surface area contributed by atoms with Gasteiger partial charge in [0.25, 0.3) is 0 Å². The third-order valence-corrected chi connectivity index (χ3v) is 5.36. The molecule has 0 bridgehead atoms. The first-order chi connectivity index (χ1) is 13.2. The number of piperazine rings is 1. The van der Waals surface area contributed by atoms with Crippen LogP contribution in [0.15, 0.2) is 53.4 Å². The summed E-state index contributed by atoms with van der Waals surface area (Å²) in [5.41, 5.74) is 1.58. The number of hydrogen-bond acceptors (Lipinski definition) is 6. The predicted molar refractivity (Wildman–Crippen MR) is 108 cm³/mol. The van der Waals surface area contributed by atoms with Gasteiger partial charge in [-0.2, -0.15) is 5.26 Å². The van der Waals surface area contributed by atoms with Crippen LogP contribution in [0.25, 0.3) is 0 Å². The van der Waals surface area contributed by atoms with Crippen LogP contribution in [0.2, 0.25) is 0 Å². The van der Waals surface area contributed by atoms with Gasteiger partial charge in [-0.15, -0.1) is 11.8 Å². The lowest BCUT2D eigenvalue weighted by Gasteiger charge is -2.35. The van der Waals surface area contributed by atoms with E-state index in [4.69, 9.17) is 5.26 Å². The molecule has 140 valence electrons. The van der Waals surface area contributed by atoms with Gasteiger partial charge in [0.15, 0.2) is 0 Å². The maximum atomic E-state index is 12.4. The number of phenolic OH excluding ortho intramolecular Hbond substituents is 1. The zero-order valence-electron chi connectivity index (χ0n) is 15.0. The van der Waals surface area contributed by atoms with Crippen molar-refractivity contribution in [3.63, 3.8) is 0 Å². The van der Waals surface area contributed by atoms with Crippen LogP contribution >= 0.6 is 11.8 Å². The average Bonchev–Trinajstić information content (AvgIpc) is 2.68. The average molecular weight is 382 g/mol. The van der Waals surface area contributed by atoms with Gasteiger partial charge in [-0.25, -0.2) is 0 Å². The van der Waals surface area contributed by atoms with E-state index in [1.807, 2.05) is 42.5 Å². The fourth-order valence-electron chi connectivity index (χ4n) is 3.08. The van der Waals surface area contributed by atoms with Crippen molar-refractivity contribution in [1.82, 2.24) is 4.90 Å². The summed E-state index contributed by atoms with van der Waals surface area (Å²) in [6.45, 7) is 3.37. The number of nitrogens with zero attached hydrogens (tertiary/aromatic N) is 3. The van der Waals surface area contributed by atoms with Crippen molar-refractivity contribution < 1.29 is 9.90 Å². The molecule has 27 heavy (non-hydrogen) atoms. The first-order valence-corrected chi connectivity index (χ1v) is 9.80. The van der Waals surface area contributed by atoms with E-state index in [1.165, 1.54) is 11.8 Å². The van der Waals surface area contributed by atoms with E-state index < -0.39 is 0 Å². The first kappa shape index (κ1) is 19.1. The van der Waals surface area contributed by atoms with Crippen LogP contribution in [0, 0.1) is 11.3 Å². The molecule has 0 unspecified atom stereocenters. The topological polar surface area (TPSA) is 79.6 Å². The maximum Gasteiger partial charge on any atom is 0.238 e.